The number of benzene rings is 1. The molecule has 140 valence electrons. The second kappa shape index (κ2) is 7.37. The summed E-state index contributed by atoms with van der Waals surface area (Å²) >= 11 is 0. The molecule has 1 aliphatic heterocycles. The van der Waals surface area contributed by atoms with Crippen LogP contribution >= 0.6 is 0 Å². The maximum absolute atomic E-state index is 12.6. The minimum Gasteiger partial charge on any atom is -0.478 e. The van der Waals surface area contributed by atoms with Gasteiger partial charge in [-0.3, -0.25) is 14.5 Å². The first kappa shape index (κ1) is 18.9. The van der Waals surface area contributed by atoms with Gasteiger partial charge in [0, 0.05) is 17.7 Å². The smallest absolute Gasteiger partial charge is 0.335 e. The number of rotatable bonds is 4. The monoisotopic (exact) mass is 376 g/mol. The van der Waals surface area contributed by atoms with Gasteiger partial charge in [0.15, 0.2) is 0 Å². The minimum atomic E-state index is -1.04. The van der Waals surface area contributed by atoms with E-state index in [1.165, 1.54) is 18.2 Å². The van der Waals surface area contributed by atoms with Gasteiger partial charge in [-0.25, -0.2) is 4.79 Å². The van der Waals surface area contributed by atoms with Crippen molar-refractivity contribution >= 4 is 23.9 Å². The van der Waals surface area contributed by atoms with E-state index in [1.807, 2.05) is 6.07 Å². The number of hydrogen-bond acceptors (Lipinski definition) is 5. The van der Waals surface area contributed by atoms with E-state index in [9.17, 15) is 19.6 Å². The number of carboxylic acid groups (broad SMARTS) is 1. The van der Waals surface area contributed by atoms with E-state index in [-0.39, 0.29) is 23.3 Å². The summed E-state index contributed by atoms with van der Waals surface area (Å²) in [6.45, 7) is 3.36. The van der Waals surface area contributed by atoms with Crippen LogP contribution in [-0.2, 0) is 9.59 Å². The maximum atomic E-state index is 12.6. The zero-order valence-electron chi connectivity index (χ0n) is 15.2. The molecule has 1 aromatic heterocycles. The summed E-state index contributed by atoms with van der Waals surface area (Å²) in [6.07, 6.45) is 1.48. The van der Waals surface area contributed by atoms with E-state index in [0.29, 0.717) is 22.7 Å². The van der Waals surface area contributed by atoms with E-state index >= 15 is 0 Å². The lowest BCUT2D eigenvalue weighted by Crippen LogP contribution is -2.42. The average Bonchev–Trinajstić information content (AvgIpc) is 3.15. The lowest BCUT2D eigenvalue weighted by atomic mass is 9.95. The maximum Gasteiger partial charge on any atom is 0.335 e. The first-order chi connectivity index (χ1) is 13.4. The third kappa shape index (κ3) is 3.23. The normalized spacial score (nSPS) is 15.9. The van der Waals surface area contributed by atoms with E-state index < -0.39 is 17.8 Å². The molecule has 3 rings (SSSR count). The number of imide groups is 1. The van der Waals surface area contributed by atoms with Crippen molar-refractivity contribution < 1.29 is 23.9 Å². The zero-order valence-corrected chi connectivity index (χ0v) is 15.2. The Morgan fingerprint density at radius 1 is 1.25 bits per heavy atom. The van der Waals surface area contributed by atoms with Crippen molar-refractivity contribution in [2.75, 3.05) is 6.54 Å². The van der Waals surface area contributed by atoms with Gasteiger partial charge in [-0.1, -0.05) is 12.1 Å². The van der Waals surface area contributed by atoms with Crippen LogP contribution in [0.1, 0.15) is 30.0 Å². The number of carbonyl (C=O) groups is 3. The van der Waals surface area contributed by atoms with E-state index in [4.69, 9.17) is 9.52 Å². The molecule has 0 radical (unpaired) electrons. The lowest BCUT2D eigenvalue weighted by molar-refractivity contribution is -0.140. The van der Waals surface area contributed by atoms with Crippen LogP contribution in [0.4, 0.5) is 0 Å². The van der Waals surface area contributed by atoms with Crippen LogP contribution in [0, 0.1) is 11.3 Å². The highest BCUT2D eigenvalue weighted by molar-refractivity contribution is 6.19. The molecular weight excluding hydrogens is 360 g/mol. The van der Waals surface area contributed by atoms with Crippen LogP contribution in [0.2, 0.25) is 0 Å². The predicted octanol–water partition coefficient (Wildman–Crippen LogP) is 3.26. The molecule has 2 aromatic rings. The molecule has 28 heavy (non-hydrogen) atoms. The van der Waals surface area contributed by atoms with Crippen LogP contribution in [-0.4, -0.2) is 34.3 Å². The quantitative estimate of drug-likeness (QED) is 0.647. The number of nitrogens with zero attached hydrogens (tertiary/aromatic N) is 2. The van der Waals surface area contributed by atoms with E-state index in [0.717, 1.165) is 4.90 Å². The van der Waals surface area contributed by atoms with E-state index in [1.54, 1.807) is 38.1 Å². The molecular formula is C21H16N2O5. The first-order valence-electron chi connectivity index (χ1n) is 8.50. The van der Waals surface area contributed by atoms with Crippen molar-refractivity contribution in [2.45, 2.75) is 13.8 Å². The largest absolute Gasteiger partial charge is 0.478 e. The van der Waals surface area contributed by atoms with Gasteiger partial charge in [-0.2, -0.15) is 5.26 Å². The van der Waals surface area contributed by atoms with Gasteiger partial charge in [0.25, 0.3) is 11.8 Å². The number of carboxylic acids is 1. The third-order valence-electron chi connectivity index (χ3n) is 4.45. The summed E-state index contributed by atoms with van der Waals surface area (Å²) in [5.74, 6) is -1.35. The van der Waals surface area contributed by atoms with Gasteiger partial charge < -0.3 is 9.52 Å². The number of carbonyl (C=O) groups excluding carboxylic acids is 2. The highest BCUT2D eigenvalue weighted by Gasteiger charge is 2.34. The number of furan rings is 1. The molecule has 0 fully saturated rings. The van der Waals surface area contributed by atoms with Crippen LogP contribution < -0.4 is 0 Å². The zero-order chi connectivity index (χ0) is 20.4. The van der Waals surface area contributed by atoms with Crippen molar-refractivity contribution in [3.63, 3.8) is 0 Å². The molecule has 0 atom stereocenters. The third-order valence-corrected chi connectivity index (χ3v) is 4.45. The Bertz CT molecular complexity index is 1100. The number of likely N-dealkylation sites (N-methyl/N-ethyl adjacent to an activating group) is 1. The summed E-state index contributed by atoms with van der Waals surface area (Å²) in [7, 11) is 0. The van der Waals surface area contributed by atoms with E-state index in [2.05, 4.69) is 0 Å². The molecule has 1 aromatic carbocycles. The standard InChI is InChI=1S/C21H16N2O5/c1-3-23-19(24)16(12(2)17(11-22)20(23)25)10-15-7-8-18(28-15)13-5-4-6-14(9-13)21(26)27/h4-10H,3H2,1-2H3,(H,26,27)/b16-10+. The molecule has 1 N–H and O–H groups in total. The first-order valence-corrected chi connectivity index (χ1v) is 8.50. The van der Waals surface area contributed by atoms with Crippen molar-refractivity contribution in [1.82, 2.24) is 4.90 Å². The summed E-state index contributed by atoms with van der Waals surface area (Å²) in [5.41, 5.74) is 1.14. The number of aromatic carboxylic acids is 1. The van der Waals surface area contributed by atoms with Crippen molar-refractivity contribution in [3.8, 4) is 17.4 Å². The second-order valence-corrected chi connectivity index (χ2v) is 6.11. The molecule has 0 saturated carbocycles. The Labute approximate surface area is 160 Å². The Morgan fingerprint density at radius 3 is 2.64 bits per heavy atom. The van der Waals surface area contributed by atoms with Gasteiger partial charge in [0.1, 0.15) is 23.2 Å². The molecule has 1 aliphatic rings. The molecule has 0 unspecified atom stereocenters. The second-order valence-electron chi connectivity index (χ2n) is 6.11. The topological polar surface area (TPSA) is 112 Å². The fourth-order valence-electron chi connectivity index (χ4n) is 2.95. The summed E-state index contributed by atoms with van der Waals surface area (Å²) < 4.78 is 5.74. The van der Waals surface area contributed by atoms with Crippen molar-refractivity contribution in [2.24, 2.45) is 0 Å². The summed E-state index contributed by atoms with van der Waals surface area (Å²) in [5, 5.41) is 18.4. The summed E-state index contributed by atoms with van der Waals surface area (Å²) in [6, 6.07) is 11.4. The van der Waals surface area contributed by atoms with Gasteiger partial charge >= 0.3 is 5.97 Å². The number of nitriles is 1. The fraction of sp³-hybridized carbons (Fsp3) is 0.143. The Balaban J connectivity index is 2.03. The lowest BCUT2D eigenvalue weighted by Gasteiger charge is -2.25. The Kier molecular flexibility index (Phi) is 4.96. The number of amides is 2. The Morgan fingerprint density at radius 2 is 2.00 bits per heavy atom. The minimum absolute atomic E-state index is 0.0753. The van der Waals surface area contributed by atoms with Gasteiger partial charge in [-0.05, 0) is 49.8 Å². The van der Waals surface area contributed by atoms with Gasteiger partial charge in [0.05, 0.1) is 5.56 Å². The molecule has 7 nitrogen and oxygen atoms in total. The molecule has 2 amide bonds. The van der Waals surface area contributed by atoms with Gasteiger partial charge in [0.2, 0.25) is 0 Å². The molecule has 0 bridgehead atoms. The predicted molar refractivity (Wildman–Crippen MR) is 99.8 cm³/mol. The van der Waals surface area contributed by atoms with Crippen LogP contribution in [0.3, 0.4) is 0 Å². The number of hydrogen-bond donors (Lipinski definition) is 1. The molecule has 7 heteroatoms. The average molecular weight is 376 g/mol. The molecule has 0 aliphatic carbocycles. The van der Waals surface area contributed by atoms with Crippen LogP contribution in [0.5, 0.6) is 0 Å². The molecule has 0 saturated heterocycles. The fourth-order valence-corrected chi connectivity index (χ4v) is 2.95. The summed E-state index contributed by atoms with van der Waals surface area (Å²) in [4.78, 5) is 37.0. The SMILES string of the molecule is CCN1C(=O)C(C#N)=C(C)/C(=C\c2ccc(-c3cccc(C(=O)O)c3)o2)C1=O. The van der Waals surface area contributed by atoms with Gasteiger partial charge in [-0.15, -0.1) is 0 Å². The van der Waals surface area contributed by atoms with Crippen molar-refractivity contribution in [3.05, 3.63) is 64.4 Å². The van der Waals surface area contributed by atoms with Crippen molar-refractivity contribution in [1.29, 1.82) is 5.26 Å². The Hall–Kier alpha value is -3.92. The van der Waals surface area contributed by atoms with Crippen LogP contribution in [0.15, 0.2) is 57.5 Å². The highest BCUT2D eigenvalue weighted by Crippen LogP contribution is 2.29. The van der Waals surface area contributed by atoms with Crippen LogP contribution in [0.25, 0.3) is 17.4 Å². The molecule has 2 heterocycles. The molecule has 0 spiro atoms. The highest BCUT2D eigenvalue weighted by atomic mass is 16.4.